The molecule has 1 saturated heterocycles. The van der Waals surface area contributed by atoms with Gasteiger partial charge in [-0.15, -0.1) is 0 Å². The fraction of sp³-hybridized carbons (Fsp3) is 0.923. The number of nitrogens with zero attached hydrogens (tertiary/aromatic N) is 1. The van der Waals surface area contributed by atoms with Crippen molar-refractivity contribution in [3.8, 4) is 0 Å². The van der Waals surface area contributed by atoms with Crippen molar-refractivity contribution < 1.29 is 18.0 Å². The summed E-state index contributed by atoms with van der Waals surface area (Å²) in [7, 11) is 0. The first kappa shape index (κ1) is 17.2. The molecule has 20 heavy (non-hydrogen) atoms. The minimum atomic E-state index is -4.17. The van der Waals surface area contributed by atoms with Crippen molar-refractivity contribution in [1.29, 1.82) is 0 Å². The molecule has 2 atom stereocenters. The summed E-state index contributed by atoms with van der Waals surface area (Å²) in [5.74, 6) is -1.53. The monoisotopic (exact) mass is 295 g/mol. The Morgan fingerprint density at radius 1 is 1.30 bits per heavy atom. The van der Waals surface area contributed by atoms with Crippen LogP contribution in [-0.4, -0.2) is 55.7 Å². The largest absolute Gasteiger partial charge is 0.393 e. The van der Waals surface area contributed by atoms with E-state index >= 15 is 0 Å². The first-order valence-electron chi connectivity index (χ1n) is 7.18. The number of hydrogen-bond donors (Lipinski definition) is 2. The van der Waals surface area contributed by atoms with E-state index in [0.29, 0.717) is 6.54 Å². The molecule has 0 aliphatic carbocycles. The van der Waals surface area contributed by atoms with E-state index in [9.17, 15) is 18.0 Å². The lowest BCUT2D eigenvalue weighted by Crippen LogP contribution is -2.52. The van der Waals surface area contributed by atoms with Gasteiger partial charge in [-0.05, 0) is 25.9 Å². The Hall–Kier alpha value is -0.820. The highest BCUT2D eigenvalue weighted by Crippen LogP contribution is 2.31. The summed E-state index contributed by atoms with van der Waals surface area (Å²) in [6.07, 6.45) is -3.91. The number of amides is 1. The molecule has 2 N–H and O–H groups in total. The molecule has 0 saturated carbocycles. The number of carbonyl (C=O) groups is 1. The lowest BCUT2D eigenvalue weighted by atomic mass is 9.94. The molecular weight excluding hydrogens is 271 g/mol. The second kappa shape index (κ2) is 7.83. The summed E-state index contributed by atoms with van der Waals surface area (Å²) in [6.45, 7) is 7.05. The van der Waals surface area contributed by atoms with Gasteiger partial charge in [0.2, 0.25) is 5.91 Å². The van der Waals surface area contributed by atoms with Gasteiger partial charge in [-0.25, -0.2) is 0 Å². The second-order valence-corrected chi connectivity index (χ2v) is 5.09. The minimum Gasteiger partial charge on any atom is -0.353 e. The molecule has 2 unspecified atom stereocenters. The van der Waals surface area contributed by atoms with Crippen LogP contribution in [0, 0.1) is 5.92 Å². The molecule has 0 aromatic carbocycles. The van der Waals surface area contributed by atoms with Gasteiger partial charge in [0.1, 0.15) is 0 Å². The van der Waals surface area contributed by atoms with Crippen molar-refractivity contribution in [2.24, 2.45) is 5.92 Å². The zero-order chi connectivity index (χ0) is 15.2. The highest BCUT2D eigenvalue weighted by molar-refractivity contribution is 5.81. The van der Waals surface area contributed by atoms with Gasteiger partial charge in [-0.1, -0.05) is 13.8 Å². The number of likely N-dealkylation sites (N-methyl/N-ethyl adjacent to an activating group) is 1. The third kappa shape index (κ3) is 5.28. The highest BCUT2D eigenvalue weighted by Gasteiger charge is 2.42. The van der Waals surface area contributed by atoms with Crippen LogP contribution < -0.4 is 10.6 Å². The average molecular weight is 295 g/mol. The summed E-state index contributed by atoms with van der Waals surface area (Å²) in [4.78, 5) is 14.0. The number of rotatable bonds is 6. The smallest absolute Gasteiger partial charge is 0.353 e. The number of carbonyl (C=O) groups excluding carboxylic acids is 1. The Morgan fingerprint density at radius 2 is 1.95 bits per heavy atom. The lowest BCUT2D eigenvalue weighted by Gasteiger charge is -2.30. The van der Waals surface area contributed by atoms with Crippen LogP contribution in [0.1, 0.15) is 26.7 Å². The Morgan fingerprint density at radius 3 is 2.40 bits per heavy atom. The highest BCUT2D eigenvalue weighted by atomic mass is 19.4. The molecule has 0 aromatic rings. The van der Waals surface area contributed by atoms with Crippen LogP contribution in [0.2, 0.25) is 0 Å². The SMILES string of the molecule is CCN(CC)CCNC(=O)C1CCC(C(F)(F)F)CN1. The van der Waals surface area contributed by atoms with E-state index in [1.807, 2.05) is 13.8 Å². The van der Waals surface area contributed by atoms with Crippen LogP contribution in [0.25, 0.3) is 0 Å². The molecule has 118 valence electrons. The molecule has 0 spiro atoms. The lowest BCUT2D eigenvalue weighted by molar-refractivity contribution is -0.180. The van der Waals surface area contributed by atoms with Gasteiger partial charge < -0.3 is 15.5 Å². The molecule has 1 rings (SSSR count). The molecule has 0 aromatic heterocycles. The van der Waals surface area contributed by atoms with Crippen LogP contribution in [-0.2, 0) is 4.79 Å². The Balaban J connectivity index is 2.26. The second-order valence-electron chi connectivity index (χ2n) is 5.09. The number of hydrogen-bond acceptors (Lipinski definition) is 3. The third-order valence-electron chi connectivity index (χ3n) is 3.82. The third-order valence-corrected chi connectivity index (χ3v) is 3.82. The average Bonchev–Trinajstić information content (AvgIpc) is 2.42. The Labute approximate surface area is 118 Å². The molecular formula is C13H24F3N3O. The predicted molar refractivity (Wildman–Crippen MR) is 71.4 cm³/mol. The number of halogens is 3. The molecule has 1 heterocycles. The van der Waals surface area contributed by atoms with Crippen molar-refractivity contribution >= 4 is 5.91 Å². The van der Waals surface area contributed by atoms with Crippen LogP contribution in [0.3, 0.4) is 0 Å². The van der Waals surface area contributed by atoms with E-state index in [1.165, 1.54) is 0 Å². The van der Waals surface area contributed by atoms with Gasteiger partial charge in [0.05, 0.1) is 12.0 Å². The van der Waals surface area contributed by atoms with Crippen LogP contribution in [0.5, 0.6) is 0 Å². The fourth-order valence-corrected chi connectivity index (χ4v) is 2.36. The Bertz CT molecular complexity index is 298. The molecule has 1 fully saturated rings. The van der Waals surface area contributed by atoms with E-state index in [4.69, 9.17) is 0 Å². The van der Waals surface area contributed by atoms with E-state index in [-0.39, 0.29) is 25.3 Å². The van der Waals surface area contributed by atoms with Crippen molar-refractivity contribution in [1.82, 2.24) is 15.5 Å². The van der Waals surface area contributed by atoms with Crippen molar-refractivity contribution in [3.63, 3.8) is 0 Å². The molecule has 1 amide bonds. The van der Waals surface area contributed by atoms with Gasteiger partial charge in [-0.2, -0.15) is 13.2 Å². The summed E-state index contributed by atoms with van der Waals surface area (Å²) >= 11 is 0. The maximum atomic E-state index is 12.5. The van der Waals surface area contributed by atoms with Crippen LogP contribution in [0.4, 0.5) is 13.2 Å². The van der Waals surface area contributed by atoms with E-state index in [2.05, 4.69) is 15.5 Å². The summed E-state index contributed by atoms with van der Waals surface area (Å²) < 4.78 is 37.5. The van der Waals surface area contributed by atoms with E-state index < -0.39 is 18.1 Å². The fourth-order valence-electron chi connectivity index (χ4n) is 2.36. The maximum Gasteiger partial charge on any atom is 0.393 e. The molecule has 7 heteroatoms. The first-order chi connectivity index (χ1) is 9.38. The molecule has 0 radical (unpaired) electrons. The zero-order valence-electron chi connectivity index (χ0n) is 12.1. The van der Waals surface area contributed by atoms with Gasteiger partial charge >= 0.3 is 6.18 Å². The Kier molecular flexibility index (Phi) is 6.75. The summed E-state index contributed by atoms with van der Waals surface area (Å²) in [5.41, 5.74) is 0. The predicted octanol–water partition coefficient (Wildman–Crippen LogP) is 1.37. The molecule has 1 aliphatic rings. The molecule has 4 nitrogen and oxygen atoms in total. The topological polar surface area (TPSA) is 44.4 Å². The van der Waals surface area contributed by atoms with Gasteiger partial charge in [0.15, 0.2) is 0 Å². The van der Waals surface area contributed by atoms with E-state index in [1.54, 1.807) is 0 Å². The normalized spacial score (nSPS) is 23.9. The molecule has 0 bridgehead atoms. The number of nitrogens with one attached hydrogen (secondary N) is 2. The molecule has 1 aliphatic heterocycles. The first-order valence-corrected chi connectivity index (χ1v) is 7.18. The zero-order valence-corrected chi connectivity index (χ0v) is 12.1. The number of alkyl halides is 3. The quantitative estimate of drug-likeness (QED) is 0.778. The van der Waals surface area contributed by atoms with Crippen molar-refractivity contribution in [2.75, 3.05) is 32.7 Å². The van der Waals surface area contributed by atoms with Gasteiger partial charge in [0, 0.05) is 19.6 Å². The summed E-state index contributed by atoms with van der Waals surface area (Å²) in [6, 6.07) is -0.495. The maximum absolute atomic E-state index is 12.5. The van der Waals surface area contributed by atoms with Crippen molar-refractivity contribution in [3.05, 3.63) is 0 Å². The van der Waals surface area contributed by atoms with Crippen LogP contribution in [0.15, 0.2) is 0 Å². The van der Waals surface area contributed by atoms with Gasteiger partial charge in [0.25, 0.3) is 0 Å². The van der Waals surface area contributed by atoms with Crippen molar-refractivity contribution in [2.45, 2.75) is 38.9 Å². The van der Waals surface area contributed by atoms with Crippen LogP contribution >= 0.6 is 0 Å². The minimum absolute atomic E-state index is 0.0185. The van der Waals surface area contributed by atoms with Gasteiger partial charge in [-0.3, -0.25) is 4.79 Å². The van der Waals surface area contributed by atoms with E-state index in [0.717, 1.165) is 19.6 Å². The summed E-state index contributed by atoms with van der Waals surface area (Å²) in [5, 5.41) is 5.48. The number of piperidine rings is 1. The standard InChI is InChI=1S/C13H24F3N3O/c1-3-19(4-2)8-7-17-12(20)11-6-5-10(9-18-11)13(14,15)16/h10-11,18H,3-9H2,1-2H3,(H,17,20).